The zero-order valence-corrected chi connectivity index (χ0v) is 11.7. The molecule has 21 heavy (non-hydrogen) atoms. The van der Waals surface area contributed by atoms with Gasteiger partial charge < -0.3 is 4.74 Å². The molecule has 4 nitrogen and oxygen atoms in total. The fraction of sp³-hybridized carbons (Fsp3) is 0.176. The molecule has 0 aliphatic carbocycles. The Labute approximate surface area is 124 Å². The van der Waals surface area contributed by atoms with Crippen LogP contribution in [0.25, 0.3) is 0 Å². The molecule has 2 aromatic rings. The topological polar surface area (TPSA) is 57.4 Å². The maximum absolute atomic E-state index is 8.44. The third-order valence-electron chi connectivity index (χ3n) is 2.76. The number of hydrogen-bond acceptors (Lipinski definition) is 4. The zero-order valence-electron chi connectivity index (χ0n) is 11.7. The summed E-state index contributed by atoms with van der Waals surface area (Å²) in [6, 6.07) is 19.6. The maximum Gasteiger partial charge on any atom is 0.119 e. The van der Waals surface area contributed by atoms with Crippen LogP contribution in [0.4, 0.5) is 5.69 Å². The number of nitrogens with zero attached hydrogens (tertiary/aromatic N) is 2. The van der Waals surface area contributed by atoms with Crippen LogP contribution in [0.1, 0.15) is 18.4 Å². The van der Waals surface area contributed by atoms with Gasteiger partial charge in [0.2, 0.25) is 0 Å². The summed E-state index contributed by atoms with van der Waals surface area (Å²) in [6.45, 7) is 0.566. The molecule has 0 bridgehead atoms. The molecule has 0 saturated heterocycles. The highest BCUT2D eigenvalue weighted by Crippen LogP contribution is 2.12. The van der Waals surface area contributed by atoms with Gasteiger partial charge in [-0.3, -0.25) is 5.43 Å². The lowest BCUT2D eigenvalue weighted by atomic mass is 10.2. The fourth-order valence-corrected chi connectivity index (χ4v) is 1.69. The first-order chi connectivity index (χ1) is 10.4. The Kier molecular flexibility index (Phi) is 5.83. The van der Waals surface area contributed by atoms with Gasteiger partial charge >= 0.3 is 0 Å². The highest BCUT2D eigenvalue weighted by molar-refractivity contribution is 5.80. The van der Waals surface area contributed by atoms with Gasteiger partial charge in [0.15, 0.2) is 0 Å². The van der Waals surface area contributed by atoms with Crippen molar-refractivity contribution in [2.45, 2.75) is 12.8 Å². The second-order valence-electron chi connectivity index (χ2n) is 4.42. The van der Waals surface area contributed by atoms with E-state index >= 15 is 0 Å². The predicted molar refractivity (Wildman–Crippen MR) is 84.4 cm³/mol. The first-order valence-corrected chi connectivity index (χ1v) is 6.82. The van der Waals surface area contributed by atoms with Crippen LogP contribution in [0.3, 0.4) is 0 Å². The minimum Gasteiger partial charge on any atom is -0.494 e. The summed E-state index contributed by atoms with van der Waals surface area (Å²) in [5, 5.41) is 12.6. The molecule has 0 unspecified atom stereocenters. The van der Waals surface area contributed by atoms with E-state index in [9.17, 15) is 0 Å². The number of hydrogen-bond donors (Lipinski definition) is 1. The van der Waals surface area contributed by atoms with Gasteiger partial charge in [0.1, 0.15) is 5.75 Å². The summed E-state index contributed by atoms with van der Waals surface area (Å²) < 4.78 is 5.53. The molecule has 2 rings (SSSR count). The SMILES string of the molecule is N#CCCCOc1ccc(C=NNc2ccccc2)cc1. The summed E-state index contributed by atoms with van der Waals surface area (Å²) in [7, 11) is 0. The standard InChI is InChI=1S/C17H17N3O/c18-12-4-5-13-21-17-10-8-15(9-11-17)14-19-20-16-6-2-1-3-7-16/h1-3,6-11,14,20H,4-5,13H2. The van der Waals surface area contributed by atoms with E-state index in [1.807, 2.05) is 54.6 Å². The number of hydrazone groups is 1. The highest BCUT2D eigenvalue weighted by atomic mass is 16.5. The second kappa shape index (κ2) is 8.39. The van der Waals surface area contributed by atoms with E-state index in [0.717, 1.165) is 23.4 Å². The minimum absolute atomic E-state index is 0.524. The number of ether oxygens (including phenoxy) is 1. The molecule has 0 amide bonds. The summed E-state index contributed by atoms with van der Waals surface area (Å²) >= 11 is 0. The van der Waals surface area contributed by atoms with Crippen LogP contribution in [-0.4, -0.2) is 12.8 Å². The van der Waals surface area contributed by atoms with E-state index in [1.54, 1.807) is 6.21 Å². The second-order valence-corrected chi connectivity index (χ2v) is 4.42. The fourth-order valence-electron chi connectivity index (χ4n) is 1.69. The van der Waals surface area contributed by atoms with Crippen molar-refractivity contribution in [3.05, 3.63) is 60.2 Å². The van der Waals surface area contributed by atoms with Crippen molar-refractivity contribution in [2.75, 3.05) is 12.0 Å². The van der Waals surface area contributed by atoms with Crippen LogP contribution in [0.15, 0.2) is 59.7 Å². The van der Waals surface area contributed by atoms with Crippen LogP contribution in [-0.2, 0) is 0 Å². The van der Waals surface area contributed by atoms with Gasteiger partial charge in [-0.1, -0.05) is 18.2 Å². The molecular weight excluding hydrogens is 262 g/mol. The first-order valence-electron chi connectivity index (χ1n) is 6.82. The number of para-hydroxylation sites is 1. The Hall–Kier alpha value is -2.80. The Morgan fingerprint density at radius 2 is 1.86 bits per heavy atom. The van der Waals surface area contributed by atoms with Crippen molar-refractivity contribution in [1.82, 2.24) is 0 Å². The Bertz CT molecular complexity index is 600. The molecule has 2 aromatic carbocycles. The largest absolute Gasteiger partial charge is 0.494 e. The molecule has 4 heteroatoms. The molecule has 0 radical (unpaired) electrons. The Morgan fingerprint density at radius 1 is 1.10 bits per heavy atom. The van der Waals surface area contributed by atoms with Crippen LogP contribution in [0, 0.1) is 11.3 Å². The van der Waals surface area contributed by atoms with Gasteiger partial charge in [-0.15, -0.1) is 0 Å². The number of nitriles is 1. The zero-order chi connectivity index (χ0) is 14.8. The van der Waals surface area contributed by atoms with E-state index < -0.39 is 0 Å². The Morgan fingerprint density at radius 3 is 2.57 bits per heavy atom. The monoisotopic (exact) mass is 279 g/mol. The number of unbranched alkanes of at least 4 members (excludes halogenated alkanes) is 1. The number of anilines is 1. The normalized spacial score (nSPS) is 10.2. The number of rotatable bonds is 7. The number of benzene rings is 2. The molecule has 0 aliphatic rings. The van der Waals surface area contributed by atoms with Gasteiger partial charge in [-0.2, -0.15) is 10.4 Å². The average Bonchev–Trinajstić information content (AvgIpc) is 2.54. The van der Waals surface area contributed by atoms with Crippen LogP contribution in [0.2, 0.25) is 0 Å². The summed E-state index contributed by atoms with van der Waals surface area (Å²) in [6.07, 6.45) is 3.03. The highest BCUT2D eigenvalue weighted by Gasteiger charge is 1.94. The molecule has 0 spiro atoms. The first kappa shape index (κ1) is 14.6. The summed E-state index contributed by atoms with van der Waals surface area (Å²) in [5.41, 5.74) is 4.90. The average molecular weight is 279 g/mol. The lowest BCUT2D eigenvalue weighted by Gasteiger charge is -2.04. The van der Waals surface area contributed by atoms with Gasteiger partial charge in [-0.25, -0.2) is 0 Å². The van der Waals surface area contributed by atoms with Gasteiger partial charge in [0, 0.05) is 6.42 Å². The van der Waals surface area contributed by atoms with E-state index in [-0.39, 0.29) is 0 Å². The Balaban J connectivity index is 1.80. The lowest BCUT2D eigenvalue weighted by Crippen LogP contribution is -1.96. The molecule has 0 atom stereocenters. The third-order valence-corrected chi connectivity index (χ3v) is 2.76. The van der Waals surface area contributed by atoms with Crippen LogP contribution < -0.4 is 10.2 Å². The molecule has 0 fully saturated rings. The predicted octanol–water partition coefficient (Wildman–Crippen LogP) is 3.82. The quantitative estimate of drug-likeness (QED) is 0.476. The van der Waals surface area contributed by atoms with Gasteiger partial charge in [0.25, 0.3) is 0 Å². The van der Waals surface area contributed by atoms with Gasteiger partial charge in [-0.05, 0) is 48.4 Å². The van der Waals surface area contributed by atoms with Crippen molar-refractivity contribution in [3.8, 4) is 11.8 Å². The van der Waals surface area contributed by atoms with Crippen LogP contribution in [0.5, 0.6) is 5.75 Å². The third kappa shape index (κ3) is 5.37. The van der Waals surface area contributed by atoms with Crippen molar-refractivity contribution < 1.29 is 4.74 Å². The lowest BCUT2D eigenvalue weighted by molar-refractivity contribution is 0.312. The molecule has 0 heterocycles. The molecular formula is C17H17N3O. The minimum atomic E-state index is 0.524. The molecule has 0 saturated carbocycles. The van der Waals surface area contributed by atoms with Crippen molar-refractivity contribution in [2.24, 2.45) is 5.10 Å². The van der Waals surface area contributed by atoms with Crippen molar-refractivity contribution >= 4 is 11.9 Å². The molecule has 106 valence electrons. The van der Waals surface area contributed by atoms with E-state index in [0.29, 0.717) is 13.0 Å². The summed E-state index contributed by atoms with van der Waals surface area (Å²) in [5.74, 6) is 0.807. The van der Waals surface area contributed by atoms with Crippen molar-refractivity contribution in [1.29, 1.82) is 5.26 Å². The molecule has 0 aromatic heterocycles. The van der Waals surface area contributed by atoms with E-state index in [1.165, 1.54) is 0 Å². The molecule has 0 aliphatic heterocycles. The van der Waals surface area contributed by atoms with Gasteiger partial charge in [0.05, 0.1) is 24.6 Å². The van der Waals surface area contributed by atoms with E-state index in [4.69, 9.17) is 10.00 Å². The summed E-state index contributed by atoms with van der Waals surface area (Å²) in [4.78, 5) is 0. The smallest absolute Gasteiger partial charge is 0.119 e. The van der Waals surface area contributed by atoms with E-state index in [2.05, 4.69) is 16.6 Å². The molecule has 1 N–H and O–H groups in total. The van der Waals surface area contributed by atoms with Crippen LogP contribution >= 0.6 is 0 Å². The number of nitrogens with one attached hydrogen (secondary N) is 1. The van der Waals surface area contributed by atoms with Crippen molar-refractivity contribution in [3.63, 3.8) is 0 Å². The maximum atomic E-state index is 8.44.